The van der Waals surface area contributed by atoms with E-state index in [2.05, 4.69) is 4.98 Å². The maximum Gasteiger partial charge on any atom is 0.263 e. The van der Waals surface area contributed by atoms with Crippen LogP contribution in [-0.2, 0) is 6.54 Å². The molecule has 0 saturated carbocycles. The maximum atomic E-state index is 13.2. The lowest BCUT2D eigenvalue weighted by Crippen LogP contribution is -2.24. The summed E-state index contributed by atoms with van der Waals surface area (Å²) < 4.78 is 12.0. The molecular formula is C22H17ClN2O4S. The van der Waals surface area contributed by atoms with Crippen LogP contribution in [0.1, 0.15) is 10.4 Å². The fraction of sp³-hybridized carbons (Fsp3) is 0.136. The summed E-state index contributed by atoms with van der Waals surface area (Å²) in [5.74, 6) is 0.971. The van der Waals surface area contributed by atoms with Gasteiger partial charge in [-0.1, -0.05) is 17.7 Å². The molecule has 6 nitrogen and oxygen atoms in total. The molecule has 2 aromatic carbocycles. The lowest BCUT2D eigenvalue weighted by Gasteiger charge is -2.09. The van der Waals surface area contributed by atoms with Crippen molar-refractivity contribution >= 4 is 38.9 Å². The summed E-state index contributed by atoms with van der Waals surface area (Å²) in [6, 6.07) is 12.0. The number of hydrogen-bond acceptors (Lipinski definition) is 6. The van der Waals surface area contributed by atoms with Gasteiger partial charge in [0.25, 0.3) is 5.56 Å². The molecule has 0 atom stereocenters. The second-order valence-corrected chi connectivity index (χ2v) is 7.80. The molecule has 0 aliphatic heterocycles. The van der Waals surface area contributed by atoms with E-state index < -0.39 is 0 Å². The molecule has 0 bridgehead atoms. The van der Waals surface area contributed by atoms with Gasteiger partial charge in [-0.05, 0) is 42.0 Å². The first-order valence-electron chi connectivity index (χ1n) is 8.99. The molecule has 2 heterocycles. The smallest absolute Gasteiger partial charge is 0.263 e. The number of carbonyl (C=O) groups is 1. The van der Waals surface area contributed by atoms with Crippen LogP contribution in [0.5, 0.6) is 11.5 Å². The van der Waals surface area contributed by atoms with E-state index in [1.807, 2.05) is 17.5 Å². The lowest BCUT2D eigenvalue weighted by atomic mass is 10.1. The van der Waals surface area contributed by atoms with Crippen LogP contribution < -0.4 is 15.0 Å². The first-order chi connectivity index (χ1) is 14.5. The minimum atomic E-state index is -0.270. The Bertz CT molecular complexity index is 1290. The highest BCUT2D eigenvalue weighted by atomic mass is 35.5. The highest BCUT2D eigenvalue weighted by molar-refractivity contribution is 7.17. The third kappa shape index (κ3) is 3.69. The number of ether oxygens (including phenoxy) is 2. The summed E-state index contributed by atoms with van der Waals surface area (Å²) in [5, 5.41) is 2.90. The first kappa shape index (κ1) is 20.1. The predicted molar refractivity (Wildman–Crippen MR) is 118 cm³/mol. The number of methoxy groups -OCH3 is 2. The van der Waals surface area contributed by atoms with E-state index in [4.69, 9.17) is 21.1 Å². The molecule has 0 unspecified atom stereocenters. The maximum absolute atomic E-state index is 13.2. The third-order valence-electron chi connectivity index (χ3n) is 4.74. The second kappa shape index (κ2) is 8.30. The molecular weight excluding hydrogens is 424 g/mol. The van der Waals surface area contributed by atoms with Gasteiger partial charge >= 0.3 is 0 Å². The average Bonchev–Trinajstić information content (AvgIpc) is 3.20. The van der Waals surface area contributed by atoms with Gasteiger partial charge in [0.2, 0.25) is 0 Å². The van der Waals surface area contributed by atoms with E-state index >= 15 is 0 Å². The summed E-state index contributed by atoms with van der Waals surface area (Å²) >= 11 is 7.25. The standard InChI is InChI=1S/C22H17ClN2O4S/c1-28-18-8-5-14(9-19(18)29-2)16-11-30-21-20(16)22(27)25(12-24-21)10-17(26)13-3-6-15(23)7-4-13/h3-9,11-12H,10H2,1-2H3. The van der Waals surface area contributed by atoms with Gasteiger partial charge in [0.05, 0.1) is 32.5 Å². The summed E-state index contributed by atoms with van der Waals surface area (Å²) in [7, 11) is 3.13. The van der Waals surface area contributed by atoms with E-state index in [1.165, 1.54) is 22.2 Å². The molecule has 2 aromatic heterocycles. The van der Waals surface area contributed by atoms with Crippen molar-refractivity contribution in [2.24, 2.45) is 0 Å². The summed E-state index contributed by atoms with van der Waals surface area (Å²) in [5.41, 5.74) is 1.76. The van der Waals surface area contributed by atoms with E-state index in [-0.39, 0.29) is 17.9 Å². The van der Waals surface area contributed by atoms with Crippen molar-refractivity contribution in [1.29, 1.82) is 0 Å². The molecule has 0 aliphatic carbocycles. The SMILES string of the molecule is COc1ccc(-c2csc3ncn(CC(=O)c4ccc(Cl)cc4)c(=O)c23)cc1OC. The van der Waals surface area contributed by atoms with E-state index in [0.717, 1.165) is 11.1 Å². The molecule has 0 N–H and O–H groups in total. The Morgan fingerprint density at radius 1 is 1.10 bits per heavy atom. The topological polar surface area (TPSA) is 70.4 Å². The molecule has 0 aliphatic rings. The van der Waals surface area contributed by atoms with Gasteiger partial charge in [-0.3, -0.25) is 14.2 Å². The Morgan fingerprint density at radius 2 is 1.83 bits per heavy atom. The number of hydrogen-bond donors (Lipinski definition) is 0. The van der Waals surface area contributed by atoms with Crippen molar-refractivity contribution < 1.29 is 14.3 Å². The molecule has 0 amide bonds. The van der Waals surface area contributed by atoms with Crippen molar-refractivity contribution in [2.45, 2.75) is 6.54 Å². The number of rotatable bonds is 6. The van der Waals surface area contributed by atoms with E-state index in [0.29, 0.717) is 32.3 Å². The molecule has 4 aromatic rings. The Morgan fingerprint density at radius 3 is 2.53 bits per heavy atom. The van der Waals surface area contributed by atoms with Crippen LogP contribution in [0.2, 0.25) is 5.02 Å². The van der Waals surface area contributed by atoms with Gasteiger partial charge in [0.15, 0.2) is 17.3 Å². The highest BCUT2D eigenvalue weighted by Crippen LogP contribution is 2.36. The van der Waals surface area contributed by atoms with Gasteiger partial charge in [0, 0.05) is 21.5 Å². The fourth-order valence-electron chi connectivity index (χ4n) is 3.18. The van der Waals surface area contributed by atoms with Gasteiger partial charge in [-0.15, -0.1) is 11.3 Å². The Kier molecular flexibility index (Phi) is 5.57. The Balaban J connectivity index is 1.75. The van der Waals surface area contributed by atoms with Gasteiger partial charge < -0.3 is 9.47 Å². The number of thiophene rings is 1. The van der Waals surface area contributed by atoms with Gasteiger partial charge in [-0.2, -0.15) is 0 Å². The molecule has 0 spiro atoms. The summed E-state index contributed by atoms with van der Waals surface area (Å²) in [4.78, 5) is 30.8. The fourth-order valence-corrected chi connectivity index (χ4v) is 4.21. The predicted octanol–water partition coefficient (Wildman–Crippen LogP) is 4.68. The van der Waals surface area contributed by atoms with Crippen LogP contribution in [0.4, 0.5) is 0 Å². The normalized spacial score (nSPS) is 10.9. The van der Waals surface area contributed by atoms with Gasteiger partial charge in [-0.25, -0.2) is 4.98 Å². The average molecular weight is 441 g/mol. The van der Waals surface area contributed by atoms with E-state index in [9.17, 15) is 9.59 Å². The Hall–Kier alpha value is -3.16. The molecule has 8 heteroatoms. The Labute approximate surface area is 181 Å². The van der Waals surface area contributed by atoms with E-state index in [1.54, 1.807) is 44.6 Å². The quantitative estimate of drug-likeness (QED) is 0.407. The minimum Gasteiger partial charge on any atom is -0.493 e. The number of aromatic nitrogens is 2. The van der Waals surface area contributed by atoms with Crippen molar-refractivity contribution in [1.82, 2.24) is 9.55 Å². The third-order valence-corrected chi connectivity index (χ3v) is 5.87. The molecule has 0 saturated heterocycles. The van der Waals surface area contributed by atoms with Crippen LogP contribution in [0.15, 0.2) is 59.0 Å². The number of fused-ring (bicyclic) bond motifs is 1. The molecule has 0 radical (unpaired) electrons. The largest absolute Gasteiger partial charge is 0.493 e. The molecule has 152 valence electrons. The number of carbonyl (C=O) groups excluding carboxylic acids is 1. The second-order valence-electron chi connectivity index (χ2n) is 6.51. The highest BCUT2D eigenvalue weighted by Gasteiger charge is 2.17. The summed E-state index contributed by atoms with van der Waals surface area (Å²) in [6.45, 7) is -0.107. The molecule has 30 heavy (non-hydrogen) atoms. The number of benzene rings is 2. The van der Waals surface area contributed by atoms with Crippen molar-refractivity contribution in [2.75, 3.05) is 14.2 Å². The number of ketones is 1. The van der Waals surface area contributed by atoms with Crippen LogP contribution in [0, 0.1) is 0 Å². The van der Waals surface area contributed by atoms with Gasteiger partial charge in [0.1, 0.15) is 4.83 Å². The summed E-state index contributed by atoms with van der Waals surface area (Å²) in [6.07, 6.45) is 1.41. The van der Waals surface area contributed by atoms with Crippen LogP contribution >= 0.6 is 22.9 Å². The first-order valence-corrected chi connectivity index (χ1v) is 10.3. The van der Waals surface area contributed by atoms with Crippen molar-refractivity contribution in [3.05, 3.63) is 75.1 Å². The lowest BCUT2D eigenvalue weighted by molar-refractivity contribution is 0.0970. The zero-order valence-electron chi connectivity index (χ0n) is 16.2. The van der Waals surface area contributed by atoms with Crippen LogP contribution in [0.25, 0.3) is 21.3 Å². The number of halogens is 1. The zero-order valence-corrected chi connectivity index (χ0v) is 17.8. The molecule has 0 fully saturated rings. The monoisotopic (exact) mass is 440 g/mol. The zero-order chi connectivity index (χ0) is 21.3. The van der Waals surface area contributed by atoms with Crippen molar-refractivity contribution in [3.8, 4) is 22.6 Å². The van der Waals surface area contributed by atoms with Crippen LogP contribution in [0.3, 0.4) is 0 Å². The van der Waals surface area contributed by atoms with Crippen molar-refractivity contribution in [3.63, 3.8) is 0 Å². The molecule has 4 rings (SSSR count). The van der Waals surface area contributed by atoms with Crippen LogP contribution in [-0.4, -0.2) is 29.6 Å². The number of Topliss-reactive ketones (excluding diaryl/α,β-unsaturated/α-hetero) is 1. The number of nitrogens with zero attached hydrogens (tertiary/aromatic N) is 2. The minimum absolute atomic E-state index is 0.107.